The molecule has 0 unspecified atom stereocenters. The van der Waals surface area contributed by atoms with Gasteiger partial charge in [-0.1, -0.05) is 0 Å². The summed E-state index contributed by atoms with van der Waals surface area (Å²) in [6.07, 6.45) is 0. The third-order valence-electron chi connectivity index (χ3n) is 1.74. The van der Waals surface area contributed by atoms with Gasteiger partial charge in [0.25, 0.3) is 10.0 Å². The van der Waals surface area contributed by atoms with Crippen LogP contribution >= 0.6 is 22.7 Å². The first kappa shape index (κ1) is 10.7. The number of thiophene rings is 2. The van der Waals surface area contributed by atoms with Crippen molar-refractivity contribution >= 4 is 37.7 Å². The summed E-state index contributed by atoms with van der Waals surface area (Å²) in [5.41, 5.74) is 0. The van der Waals surface area contributed by atoms with Gasteiger partial charge >= 0.3 is 0 Å². The predicted molar refractivity (Wildman–Crippen MR) is 64.2 cm³/mol. The van der Waals surface area contributed by atoms with E-state index in [1.54, 1.807) is 18.2 Å². The van der Waals surface area contributed by atoms with Crippen molar-refractivity contribution in [1.29, 1.82) is 0 Å². The molecule has 2 aromatic heterocycles. The average molecular weight is 259 g/mol. The Bertz CT molecular complexity index is 540. The Labute approximate surface area is 96.4 Å². The summed E-state index contributed by atoms with van der Waals surface area (Å²) in [4.78, 5) is 0.988. The van der Waals surface area contributed by atoms with E-state index in [0.29, 0.717) is 9.21 Å². The van der Waals surface area contributed by atoms with Crippen LogP contribution < -0.4 is 4.72 Å². The van der Waals surface area contributed by atoms with Crippen molar-refractivity contribution < 1.29 is 8.42 Å². The maximum Gasteiger partial charge on any atom is 0.272 e. The molecular formula is C9H9NO2S3. The Balaban J connectivity index is 2.28. The van der Waals surface area contributed by atoms with E-state index in [4.69, 9.17) is 0 Å². The molecule has 0 aliphatic heterocycles. The molecule has 2 rings (SSSR count). The molecule has 1 N–H and O–H groups in total. The summed E-state index contributed by atoms with van der Waals surface area (Å²) >= 11 is 2.64. The number of hydrogen-bond acceptors (Lipinski definition) is 4. The number of hydrogen-bond donors (Lipinski definition) is 1. The van der Waals surface area contributed by atoms with Gasteiger partial charge in [0.05, 0.1) is 0 Å². The van der Waals surface area contributed by atoms with Crippen molar-refractivity contribution in [2.45, 2.75) is 11.1 Å². The molecular weight excluding hydrogens is 250 g/mol. The van der Waals surface area contributed by atoms with Gasteiger partial charge in [-0.25, -0.2) is 8.42 Å². The minimum Gasteiger partial charge on any atom is -0.270 e. The number of nitrogens with one attached hydrogen (secondary N) is 1. The zero-order valence-electron chi connectivity index (χ0n) is 7.93. The molecule has 0 saturated heterocycles. The molecule has 0 radical (unpaired) electrons. The third-order valence-corrected chi connectivity index (χ3v) is 5.51. The van der Waals surface area contributed by atoms with Crippen LogP contribution in [0, 0.1) is 6.92 Å². The number of sulfonamides is 1. The van der Waals surface area contributed by atoms with Crippen molar-refractivity contribution in [2.75, 3.05) is 4.72 Å². The first-order valence-electron chi connectivity index (χ1n) is 4.21. The van der Waals surface area contributed by atoms with Crippen LogP contribution in [0.15, 0.2) is 33.9 Å². The Morgan fingerprint density at radius 1 is 1.27 bits per heavy atom. The number of rotatable bonds is 3. The fourth-order valence-electron chi connectivity index (χ4n) is 1.08. The lowest BCUT2D eigenvalue weighted by atomic mass is 10.5. The van der Waals surface area contributed by atoms with Gasteiger partial charge in [-0.3, -0.25) is 4.72 Å². The summed E-state index contributed by atoms with van der Waals surface area (Å²) < 4.78 is 26.5. The molecule has 0 aliphatic rings. The van der Waals surface area contributed by atoms with E-state index in [0.717, 1.165) is 4.88 Å². The van der Waals surface area contributed by atoms with Crippen LogP contribution in [0.25, 0.3) is 0 Å². The molecule has 0 saturated carbocycles. The van der Waals surface area contributed by atoms with Crippen molar-refractivity contribution in [1.82, 2.24) is 0 Å². The maximum atomic E-state index is 11.8. The monoisotopic (exact) mass is 259 g/mol. The second kappa shape index (κ2) is 3.96. The quantitative estimate of drug-likeness (QED) is 0.921. The topological polar surface area (TPSA) is 46.2 Å². The fraction of sp³-hybridized carbons (Fsp3) is 0.111. The summed E-state index contributed by atoms with van der Waals surface area (Å²) in [6, 6.07) is 6.97. The zero-order chi connectivity index (χ0) is 10.9. The lowest BCUT2D eigenvalue weighted by Gasteiger charge is -2.02. The van der Waals surface area contributed by atoms with E-state index in [1.807, 2.05) is 18.4 Å². The Morgan fingerprint density at radius 3 is 2.60 bits per heavy atom. The van der Waals surface area contributed by atoms with E-state index in [1.165, 1.54) is 22.7 Å². The molecule has 80 valence electrons. The third kappa shape index (κ3) is 2.39. The smallest absolute Gasteiger partial charge is 0.270 e. The van der Waals surface area contributed by atoms with E-state index < -0.39 is 10.0 Å². The Morgan fingerprint density at radius 2 is 2.07 bits per heavy atom. The van der Waals surface area contributed by atoms with Gasteiger partial charge in [-0.15, -0.1) is 22.7 Å². The zero-order valence-corrected chi connectivity index (χ0v) is 10.4. The van der Waals surface area contributed by atoms with Gasteiger partial charge in [-0.2, -0.15) is 0 Å². The van der Waals surface area contributed by atoms with Gasteiger partial charge in [0.15, 0.2) is 0 Å². The molecule has 0 spiro atoms. The largest absolute Gasteiger partial charge is 0.272 e. The molecule has 0 aliphatic carbocycles. The highest BCUT2D eigenvalue weighted by Crippen LogP contribution is 2.25. The van der Waals surface area contributed by atoms with E-state index in [2.05, 4.69) is 4.72 Å². The predicted octanol–water partition coefficient (Wildman–Crippen LogP) is 2.92. The van der Waals surface area contributed by atoms with Crippen molar-refractivity contribution in [3.05, 3.63) is 34.5 Å². The lowest BCUT2D eigenvalue weighted by Crippen LogP contribution is -2.10. The first-order valence-corrected chi connectivity index (χ1v) is 7.38. The van der Waals surface area contributed by atoms with Gasteiger partial charge in [0.2, 0.25) is 0 Å². The highest BCUT2D eigenvalue weighted by Gasteiger charge is 2.16. The van der Waals surface area contributed by atoms with Crippen LogP contribution in [-0.2, 0) is 10.0 Å². The minimum atomic E-state index is -3.38. The molecule has 2 heterocycles. The van der Waals surface area contributed by atoms with Crippen LogP contribution in [0.5, 0.6) is 0 Å². The van der Waals surface area contributed by atoms with Gasteiger partial charge in [0, 0.05) is 4.88 Å². The molecule has 0 bridgehead atoms. The average Bonchev–Trinajstić information content (AvgIpc) is 2.75. The Hall–Kier alpha value is -0.850. The summed E-state index contributed by atoms with van der Waals surface area (Å²) in [7, 11) is -3.38. The molecule has 6 heteroatoms. The van der Waals surface area contributed by atoms with Crippen LogP contribution in [0.3, 0.4) is 0 Å². The SMILES string of the molecule is Cc1ccc(S(=O)(=O)Nc2cccs2)s1. The standard InChI is InChI=1S/C9H9NO2S3/c1-7-4-5-9(14-7)15(11,12)10-8-3-2-6-13-8/h2-6,10H,1H3. The summed E-state index contributed by atoms with van der Waals surface area (Å²) in [5, 5.41) is 2.47. The van der Waals surface area contributed by atoms with E-state index >= 15 is 0 Å². The van der Waals surface area contributed by atoms with Gasteiger partial charge < -0.3 is 0 Å². The van der Waals surface area contributed by atoms with Crippen LogP contribution in [0.2, 0.25) is 0 Å². The molecule has 0 fully saturated rings. The number of anilines is 1. The van der Waals surface area contributed by atoms with Crippen LogP contribution in [0.1, 0.15) is 4.88 Å². The second-order valence-electron chi connectivity index (χ2n) is 2.95. The van der Waals surface area contributed by atoms with Crippen molar-refractivity contribution in [3.8, 4) is 0 Å². The second-order valence-corrected chi connectivity index (χ2v) is 7.09. The highest BCUT2D eigenvalue weighted by molar-refractivity contribution is 7.94. The van der Waals surface area contributed by atoms with Crippen LogP contribution in [-0.4, -0.2) is 8.42 Å². The summed E-state index contributed by atoms with van der Waals surface area (Å²) in [6.45, 7) is 1.88. The van der Waals surface area contributed by atoms with Gasteiger partial charge in [-0.05, 0) is 36.6 Å². The van der Waals surface area contributed by atoms with E-state index in [-0.39, 0.29) is 0 Å². The van der Waals surface area contributed by atoms with Crippen molar-refractivity contribution in [2.24, 2.45) is 0 Å². The van der Waals surface area contributed by atoms with Crippen LogP contribution in [0.4, 0.5) is 5.00 Å². The van der Waals surface area contributed by atoms with E-state index in [9.17, 15) is 8.42 Å². The van der Waals surface area contributed by atoms with Crippen molar-refractivity contribution in [3.63, 3.8) is 0 Å². The normalized spacial score (nSPS) is 11.5. The highest BCUT2D eigenvalue weighted by atomic mass is 32.2. The maximum absolute atomic E-state index is 11.8. The molecule has 0 atom stereocenters. The lowest BCUT2D eigenvalue weighted by molar-refractivity contribution is 0.603. The first-order chi connectivity index (χ1) is 7.08. The molecule has 0 aromatic carbocycles. The number of aryl methyl sites for hydroxylation is 1. The molecule has 3 nitrogen and oxygen atoms in total. The molecule has 0 amide bonds. The Kier molecular flexibility index (Phi) is 2.81. The van der Waals surface area contributed by atoms with Gasteiger partial charge in [0.1, 0.15) is 9.21 Å². The summed E-state index contributed by atoms with van der Waals surface area (Å²) in [5.74, 6) is 0. The molecule has 2 aromatic rings. The fourth-order valence-corrected chi connectivity index (χ4v) is 4.29. The minimum absolute atomic E-state index is 0.355. The molecule has 15 heavy (non-hydrogen) atoms.